The number of benzene rings is 1. The molecule has 19 heavy (non-hydrogen) atoms. The fourth-order valence-corrected chi connectivity index (χ4v) is 3.22. The maximum Gasteiger partial charge on any atom is 0.174 e. The first kappa shape index (κ1) is 14.1. The smallest absolute Gasteiger partial charge is 0.174 e. The summed E-state index contributed by atoms with van der Waals surface area (Å²) < 4.78 is 5.42. The molecule has 1 saturated carbocycles. The van der Waals surface area contributed by atoms with E-state index in [9.17, 15) is 4.79 Å². The minimum absolute atomic E-state index is 0.168. The molecule has 1 aliphatic rings. The molecule has 0 aliphatic heterocycles. The van der Waals surface area contributed by atoms with Crippen molar-refractivity contribution >= 4 is 5.78 Å². The van der Waals surface area contributed by atoms with E-state index in [1.165, 1.54) is 0 Å². The maximum absolute atomic E-state index is 13.0. The van der Waals surface area contributed by atoms with Gasteiger partial charge in [0.2, 0.25) is 0 Å². The molecule has 0 amide bonds. The summed E-state index contributed by atoms with van der Waals surface area (Å²) in [6.07, 6.45) is 3.99. The van der Waals surface area contributed by atoms with Crippen molar-refractivity contribution in [2.75, 3.05) is 13.7 Å². The summed E-state index contributed by atoms with van der Waals surface area (Å²) in [7, 11) is 1.62. The number of methoxy groups -OCH3 is 1. The van der Waals surface area contributed by atoms with Crippen LogP contribution in [0, 0.1) is 19.3 Å². The minimum Gasteiger partial charge on any atom is -0.496 e. The fourth-order valence-electron chi connectivity index (χ4n) is 3.22. The van der Waals surface area contributed by atoms with Crippen molar-refractivity contribution in [2.24, 2.45) is 11.1 Å². The summed E-state index contributed by atoms with van der Waals surface area (Å²) >= 11 is 0. The largest absolute Gasteiger partial charge is 0.496 e. The molecule has 1 aromatic rings. The maximum atomic E-state index is 13.0. The second-order valence-corrected chi connectivity index (χ2v) is 5.68. The van der Waals surface area contributed by atoms with E-state index in [0.717, 1.165) is 42.4 Å². The number of hydrogen-bond donors (Lipinski definition) is 1. The summed E-state index contributed by atoms with van der Waals surface area (Å²) in [5, 5.41) is 0. The summed E-state index contributed by atoms with van der Waals surface area (Å²) in [6, 6.07) is 3.97. The zero-order valence-electron chi connectivity index (χ0n) is 12.1. The van der Waals surface area contributed by atoms with E-state index < -0.39 is 0 Å². The molecule has 1 aromatic carbocycles. The van der Waals surface area contributed by atoms with Crippen LogP contribution in [0.5, 0.6) is 5.75 Å². The molecule has 0 spiro atoms. The van der Waals surface area contributed by atoms with Crippen LogP contribution in [0.3, 0.4) is 0 Å². The number of aryl methyl sites for hydroxylation is 2. The van der Waals surface area contributed by atoms with E-state index in [-0.39, 0.29) is 11.2 Å². The lowest BCUT2D eigenvalue weighted by molar-refractivity contribution is 0.0806. The molecule has 2 rings (SSSR count). The van der Waals surface area contributed by atoms with Crippen LogP contribution < -0.4 is 10.5 Å². The standard InChI is InChI=1S/C16H23NO2/c1-11-8-12(2)14(13(9-11)19-3)15(18)16(10-17)6-4-5-7-16/h8-9H,4-7,10,17H2,1-3H3. The highest BCUT2D eigenvalue weighted by Gasteiger charge is 2.41. The third-order valence-corrected chi connectivity index (χ3v) is 4.32. The first-order chi connectivity index (χ1) is 9.04. The van der Waals surface area contributed by atoms with Crippen LogP contribution in [0.4, 0.5) is 0 Å². The van der Waals surface area contributed by atoms with Crippen LogP contribution in [-0.2, 0) is 0 Å². The van der Waals surface area contributed by atoms with Gasteiger partial charge in [0, 0.05) is 12.0 Å². The van der Waals surface area contributed by atoms with Crippen molar-refractivity contribution in [1.29, 1.82) is 0 Å². The van der Waals surface area contributed by atoms with E-state index in [1.807, 2.05) is 26.0 Å². The molecule has 0 saturated heterocycles. The van der Waals surface area contributed by atoms with E-state index in [1.54, 1.807) is 7.11 Å². The van der Waals surface area contributed by atoms with Gasteiger partial charge in [-0.15, -0.1) is 0 Å². The molecule has 3 heteroatoms. The summed E-state index contributed by atoms with van der Waals surface area (Å²) in [5.41, 5.74) is 8.37. The third-order valence-electron chi connectivity index (χ3n) is 4.32. The molecule has 0 aromatic heterocycles. The van der Waals surface area contributed by atoms with Crippen LogP contribution >= 0.6 is 0 Å². The Morgan fingerprint density at radius 1 is 1.32 bits per heavy atom. The summed E-state index contributed by atoms with van der Waals surface area (Å²) in [6.45, 7) is 4.42. The molecule has 104 valence electrons. The molecular formula is C16H23NO2. The average Bonchev–Trinajstić information content (AvgIpc) is 2.87. The van der Waals surface area contributed by atoms with Gasteiger partial charge in [-0.05, 0) is 43.9 Å². The van der Waals surface area contributed by atoms with Gasteiger partial charge < -0.3 is 10.5 Å². The van der Waals surface area contributed by atoms with Gasteiger partial charge in [-0.2, -0.15) is 0 Å². The van der Waals surface area contributed by atoms with Crippen molar-refractivity contribution in [3.05, 3.63) is 28.8 Å². The molecule has 0 bridgehead atoms. The highest BCUT2D eigenvalue weighted by atomic mass is 16.5. The molecule has 0 unspecified atom stereocenters. The van der Waals surface area contributed by atoms with Gasteiger partial charge >= 0.3 is 0 Å². The lowest BCUT2D eigenvalue weighted by atomic mass is 9.77. The number of Topliss-reactive ketones (excluding diaryl/α,β-unsaturated/α-hetero) is 1. The first-order valence-corrected chi connectivity index (χ1v) is 6.94. The minimum atomic E-state index is -0.368. The Hall–Kier alpha value is -1.35. The van der Waals surface area contributed by atoms with Crippen molar-refractivity contribution in [2.45, 2.75) is 39.5 Å². The normalized spacial score (nSPS) is 17.5. The number of rotatable bonds is 4. The second kappa shape index (κ2) is 5.33. The zero-order chi connectivity index (χ0) is 14.0. The quantitative estimate of drug-likeness (QED) is 0.848. The number of hydrogen-bond acceptors (Lipinski definition) is 3. The molecule has 0 atom stereocenters. The summed E-state index contributed by atoms with van der Waals surface area (Å²) in [5.74, 6) is 0.851. The topological polar surface area (TPSA) is 52.3 Å². The monoisotopic (exact) mass is 261 g/mol. The molecule has 0 radical (unpaired) electrons. The van der Waals surface area contributed by atoms with E-state index in [4.69, 9.17) is 10.5 Å². The van der Waals surface area contributed by atoms with Gasteiger partial charge in [0.1, 0.15) is 5.75 Å². The van der Waals surface area contributed by atoms with Crippen LogP contribution in [0.2, 0.25) is 0 Å². The van der Waals surface area contributed by atoms with Crippen LogP contribution in [0.25, 0.3) is 0 Å². The Balaban J connectivity index is 2.49. The highest BCUT2D eigenvalue weighted by Crippen LogP contribution is 2.42. The van der Waals surface area contributed by atoms with E-state index >= 15 is 0 Å². The van der Waals surface area contributed by atoms with Crippen molar-refractivity contribution < 1.29 is 9.53 Å². The van der Waals surface area contributed by atoms with Gasteiger partial charge in [0.05, 0.1) is 12.7 Å². The van der Waals surface area contributed by atoms with Gasteiger partial charge in [-0.1, -0.05) is 18.9 Å². The zero-order valence-corrected chi connectivity index (χ0v) is 12.1. The fraction of sp³-hybridized carbons (Fsp3) is 0.562. The highest BCUT2D eigenvalue weighted by molar-refractivity contribution is 6.04. The molecule has 3 nitrogen and oxygen atoms in total. The first-order valence-electron chi connectivity index (χ1n) is 6.94. The van der Waals surface area contributed by atoms with Crippen molar-refractivity contribution in [3.8, 4) is 5.75 Å². The Bertz CT molecular complexity index is 488. The summed E-state index contributed by atoms with van der Waals surface area (Å²) in [4.78, 5) is 13.0. The van der Waals surface area contributed by atoms with Gasteiger partial charge in [-0.25, -0.2) is 0 Å². The van der Waals surface area contributed by atoms with E-state index in [2.05, 4.69) is 0 Å². The predicted octanol–water partition coefficient (Wildman–Crippen LogP) is 3.01. The number of carbonyl (C=O) groups excluding carboxylic acids is 1. The van der Waals surface area contributed by atoms with E-state index in [0.29, 0.717) is 12.3 Å². The van der Waals surface area contributed by atoms with Crippen LogP contribution in [0.1, 0.15) is 47.2 Å². The molecular weight excluding hydrogens is 238 g/mol. The molecule has 1 fully saturated rings. The number of nitrogens with two attached hydrogens (primary N) is 1. The van der Waals surface area contributed by atoms with Crippen LogP contribution in [0.15, 0.2) is 12.1 Å². The third kappa shape index (κ3) is 2.39. The van der Waals surface area contributed by atoms with Crippen molar-refractivity contribution in [1.82, 2.24) is 0 Å². The average molecular weight is 261 g/mol. The van der Waals surface area contributed by atoms with Crippen molar-refractivity contribution in [3.63, 3.8) is 0 Å². The van der Waals surface area contributed by atoms with Gasteiger partial charge in [0.25, 0.3) is 0 Å². The lowest BCUT2D eigenvalue weighted by Crippen LogP contribution is -2.36. The van der Waals surface area contributed by atoms with Gasteiger partial charge in [0.15, 0.2) is 5.78 Å². The number of ether oxygens (including phenoxy) is 1. The SMILES string of the molecule is COc1cc(C)cc(C)c1C(=O)C1(CN)CCCC1. The Labute approximate surface area is 115 Å². The molecule has 1 aliphatic carbocycles. The molecule has 2 N–H and O–H groups in total. The second-order valence-electron chi connectivity index (χ2n) is 5.68. The van der Waals surface area contributed by atoms with Gasteiger partial charge in [-0.3, -0.25) is 4.79 Å². The molecule has 0 heterocycles. The van der Waals surface area contributed by atoms with Crippen LogP contribution in [-0.4, -0.2) is 19.4 Å². The predicted molar refractivity (Wildman–Crippen MR) is 76.8 cm³/mol. The Morgan fingerprint density at radius 3 is 2.47 bits per heavy atom. The number of carbonyl (C=O) groups is 1. The lowest BCUT2D eigenvalue weighted by Gasteiger charge is -2.27. The Morgan fingerprint density at radius 2 is 1.95 bits per heavy atom. The number of ketones is 1. The Kier molecular flexibility index (Phi) is 3.95.